The molecule has 0 saturated carbocycles. The average molecular weight is 227 g/mol. The highest BCUT2D eigenvalue weighted by Crippen LogP contribution is 2.35. The van der Waals surface area contributed by atoms with Crippen molar-refractivity contribution in [3.63, 3.8) is 0 Å². The Morgan fingerprint density at radius 3 is 2.88 bits per heavy atom. The van der Waals surface area contributed by atoms with Crippen LogP contribution in [0.5, 0.6) is 5.75 Å². The van der Waals surface area contributed by atoms with Crippen LogP contribution in [0.2, 0.25) is 0 Å². The Balaban J connectivity index is 2.37. The SMILES string of the molecule is CC(N)C(F)(F)c1ccc2c(c1)CCCO2. The first-order valence-corrected chi connectivity index (χ1v) is 5.41. The van der Waals surface area contributed by atoms with Crippen molar-refractivity contribution >= 4 is 0 Å². The van der Waals surface area contributed by atoms with Crippen molar-refractivity contribution in [2.24, 2.45) is 5.73 Å². The molecule has 1 unspecified atom stereocenters. The maximum absolute atomic E-state index is 13.7. The van der Waals surface area contributed by atoms with Crippen LogP contribution in [-0.4, -0.2) is 12.6 Å². The number of aryl methyl sites for hydroxylation is 1. The molecule has 2 rings (SSSR count). The van der Waals surface area contributed by atoms with E-state index in [4.69, 9.17) is 10.5 Å². The number of halogens is 2. The Hall–Kier alpha value is -1.16. The minimum Gasteiger partial charge on any atom is -0.493 e. The van der Waals surface area contributed by atoms with E-state index in [1.807, 2.05) is 0 Å². The van der Waals surface area contributed by atoms with Crippen LogP contribution in [0.25, 0.3) is 0 Å². The zero-order valence-corrected chi connectivity index (χ0v) is 9.17. The average Bonchev–Trinajstić information content (AvgIpc) is 2.28. The number of ether oxygens (including phenoxy) is 1. The Morgan fingerprint density at radius 1 is 1.44 bits per heavy atom. The zero-order valence-electron chi connectivity index (χ0n) is 9.17. The van der Waals surface area contributed by atoms with Crippen LogP contribution in [0.15, 0.2) is 18.2 Å². The van der Waals surface area contributed by atoms with Gasteiger partial charge in [-0.1, -0.05) is 0 Å². The van der Waals surface area contributed by atoms with Gasteiger partial charge in [-0.3, -0.25) is 0 Å². The topological polar surface area (TPSA) is 35.2 Å². The molecule has 1 aromatic carbocycles. The summed E-state index contributed by atoms with van der Waals surface area (Å²) in [5.41, 5.74) is 6.13. The second-order valence-corrected chi connectivity index (χ2v) is 4.19. The largest absolute Gasteiger partial charge is 0.493 e. The molecule has 2 N–H and O–H groups in total. The molecule has 0 saturated heterocycles. The molecule has 1 aliphatic heterocycles. The summed E-state index contributed by atoms with van der Waals surface area (Å²) in [7, 11) is 0. The first-order chi connectivity index (χ1) is 7.51. The molecule has 16 heavy (non-hydrogen) atoms. The lowest BCUT2D eigenvalue weighted by atomic mass is 9.97. The summed E-state index contributed by atoms with van der Waals surface area (Å²) in [4.78, 5) is 0. The van der Waals surface area contributed by atoms with E-state index in [1.54, 1.807) is 6.07 Å². The first-order valence-electron chi connectivity index (χ1n) is 5.41. The third kappa shape index (κ3) is 1.89. The van der Waals surface area contributed by atoms with Gasteiger partial charge in [0.25, 0.3) is 5.92 Å². The quantitative estimate of drug-likeness (QED) is 0.842. The highest BCUT2D eigenvalue weighted by molar-refractivity contribution is 5.40. The van der Waals surface area contributed by atoms with Crippen LogP contribution in [0, 0.1) is 0 Å². The fourth-order valence-electron chi connectivity index (χ4n) is 1.83. The lowest BCUT2D eigenvalue weighted by Gasteiger charge is -2.23. The van der Waals surface area contributed by atoms with E-state index in [9.17, 15) is 8.78 Å². The highest BCUT2D eigenvalue weighted by Gasteiger charge is 2.36. The van der Waals surface area contributed by atoms with Crippen molar-refractivity contribution in [3.8, 4) is 5.75 Å². The van der Waals surface area contributed by atoms with E-state index in [0.29, 0.717) is 6.61 Å². The van der Waals surface area contributed by atoms with Crippen molar-refractivity contribution in [2.45, 2.75) is 31.7 Å². The van der Waals surface area contributed by atoms with Gasteiger partial charge in [0.2, 0.25) is 0 Å². The number of hydrogen-bond acceptors (Lipinski definition) is 2. The number of benzene rings is 1. The molecule has 1 aliphatic rings. The number of hydrogen-bond donors (Lipinski definition) is 1. The molecule has 0 bridgehead atoms. The Morgan fingerprint density at radius 2 is 2.19 bits per heavy atom. The van der Waals surface area contributed by atoms with Gasteiger partial charge in [0.1, 0.15) is 5.75 Å². The van der Waals surface area contributed by atoms with E-state index < -0.39 is 12.0 Å². The Labute approximate surface area is 93.4 Å². The number of alkyl halides is 2. The summed E-state index contributed by atoms with van der Waals surface area (Å²) in [6, 6.07) is 3.33. The van der Waals surface area contributed by atoms with Crippen LogP contribution in [0.1, 0.15) is 24.5 Å². The molecular formula is C12H15F2NO. The van der Waals surface area contributed by atoms with E-state index in [0.717, 1.165) is 24.2 Å². The molecular weight excluding hydrogens is 212 g/mol. The molecule has 0 amide bonds. The number of fused-ring (bicyclic) bond motifs is 1. The van der Waals surface area contributed by atoms with Crippen LogP contribution >= 0.6 is 0 Å². The molecule has 4 heteroatoms. The molecule has 0 aliphatic carbocycles. The minimum atomic E-state index is -2.98. The van der Waals surface area contributed by atoms with Gasteiger partial charge in [0.15, 0.2) is 0 Å². The van der Waals surface area contributed by atoms with Crippen LogP contribution in [-0.2, 0) is 12.3 Å². The summed E-state index contributed by atoms with van der Waals surface area (Å²) >= 11 is 0. The predicted octanol–water partition coefficient (Wildman–Crippen LogP) is 2.45. The fraction of sp³-hybridized carbons (Fsp3) is 0.500. The van der Waals surface area contributed by atoms with Gasteiger partial charge in [0, 0.05) is 5.56 Å². The standard InChI is InChI=1S/C12H15F2NO/c1-8(15)12(13,14)10-4-5-11-9(7-10)3-2-6-16-11/h4-5,7-8H,2-3,6,15H2,1H3. The van der Waals surface area contributed by atoms with Gasteiger partial charge < -0.3 is 10.5 Å². The highest BCUT2D eigenvalue weighted by atomic mass is 19.3. The summed E-state index contributed by atoms with van der Waals surface area (Å²) in [5.74, 6) is -2.26. The normalized spacial score (nSPS) is 17.5. The summed E-state index contributed by atoms with van der Waals surface area (Å²) in [6.07, 6.45) is 1.67. The second-order valence-electron chi connectivity index (χ2n) is 4.19. The van der Waals surface area contributed by atoms with Gasteiger partial charge in [-0.25, -0.2) is 0 Å². The molecule has 0 aromatic heterocycles. The zero-order chi connectivity index (χ0) is 11.8. The predicted molar refractivity (Wildman–Crippen MR) is 57.8 cm³/mol. The van der Waals surface area contributed by atoms with Gasteiger partial charge in [-0.2, -0.15) is 8.78 Å². The Bertz CT molecular complexity index is 391. The number of rotatable bonds is 2. The second kappa shape index (κ2) is 4.01. The molecule has 1 aromatic rings. The van der Waals surface area contributed by atoms with Crippen molar-refractivity contribution < 1.29 is 13.5 Å². The maximum Gasteiger partial charge on any atom is 0.287 e. The lowest BCUT2D eigenvalue weighted by molar-refractivity contribution is -0.0257. The molecule has 1 atom stereocenters. The molecule has 0 radical (unpaired) electrons. The van der Waals surface area contributed by atoms with Gasteiger partial charge in [0.05, 0.1) is 12.6 Å². The molecule has 1 heterocycles. The molecule has 0 spiro atoms. The third-order valence-corrected chi connectivity index (χ3v) is 2.87. The van der Waals surface area contributed by atoms with Crippen molar-refractivity contribution in [1.82, 2.24) is 0 Å². The van der Waals surface area contributed by atoms with Crippen LogP contribution in [0.3, 0.4) is 0 Å². The van der Waals surface area contributed by atoms with Crippen LogP contribution in [0.4, 0.5) is 8.78 Å². The van der Waals surface area contributed by atoms with Crippen molar-refractivity contribution in [1.29, 1.82) is 0 Å². The first kappa shape index (κ1) is 11.3. The molecule has 88 valence electrons. The Kier molecular flexibility index (Phi) is 2.84. The third-order valence-electron chi connectivity index (χ3n) is 2.87. The molecule has 2 nitrogen and oxygen atoms in total. The van der Waals surface area contributed by atoms with Crippen molar-refractivity contribution in [2.75, 3.05) is 6.61 Å². The van der Waals surface area contributed by atoms with Crippen LogP contribution < -0.4 is 10.5 Å². The summed E-state index contributed by atoms with van der Waals surface area (Å²) in [5, 5.41) is 0. The monoisotopic (exact) mass is 227 g/mol. The molecule has 0 fully saturated rings. The van der Waals surface area contributed by atoms with Gasteiger partial charge in [-0.05, 0) is 43.5 Å². The lowest BCUT2D eigenvalue weighted by Crippen LogP contribution is -2.35. The summed E-state index contributed by atoms with van der Waals surface area (Å²) in [6.45, 7) is 1.98. The summed E-state index contributed by atoms with van der Waals surface area (Å²) < 4.78 is 32.7. The van der Waals surface area contributed by atoms with E-state index in [-0.39, 0.29) is 5.56 Å². The van der Waals surface area contributed by atoms with E-state index in [1.165, 1.54) is 19.1 Å². The fourth-order valence-corrected chi connectivity index (χ4v) is 1.83. The maximum atomic E-state index is 13.7. The van der Waals surface area contributed by atoms with E-state index in [2.05, 4.69) is 0 Å². The minimum absolute atomic E-state index is 0.0215. The smallest absolute Gasteiger partial charge is 0.287 e. The van der Waals surface area contributed by atoms with E-state index >= 15 is 0 Å². The van der Waals surface area contributed by atoms with Crippen molar-refractivity contribution in [3.05, 3.63) is 29.3 Å². The van der Waals surface area contributed by atoms with Gasteiger partial charge >= 0.3 is 0 Å². The number of nitrogens with two attached hydrogens (primary N) is 1. The van der Waals surface area contributed by atoms with Gasteiger partial charge in [-0.15, -0.1) is 0 Å².